The van der Waals surface area contributed by atoms with Gasteiger partial charge in [0.1, 0.15) is 5.54 Å². The molecule has 2 aliphatic rings. The maximum Gasteiger partial charge on any atom is 0.322 e. The lowest BCUT2D eigenvalue weighted by molar-refractivity contribution is -0.125. The summed E-state index contributed by atoms with van der Waals surface area (Å²) in [6, 6.07) is 7.30. The number of piperidine rings is 1. The first-order valence-corrected chi connectivity index (χ1v) is 9.72. The van der Waals surface area contributed by atoms with Gasteiger partial charge in [-0.2, -0.15) is 0 Å². The second kappa shape index (κ2) is 9.78. The molecule has 1 aromatic carbocycles. The molecular weight excluding hydrogens is 493 g/mol. The lowest BCUT2D eigenvalue weighted by Gasteiger charge is -2.39. The second-order valence-corrected chi connectivity index (χ2v) is 7.54. The predicted octanol–water partition coefficient (Wildman–Crippen LogP) is 2.73. The molecule has 3 N–H and O–H groups in total. The minimum atomic E-state index is -0.823. The number of hydrogen-bond donors (Lipinski definition) is 3. The standard InChI is InChI=1S/C19H26ClN5O2.HI/c1-3-21-17(22-12-13-6-4-5-7-15(13)20)25-10-8-14(9-11-25)19(2)16(26)23-18(27)24-19;/h4-7,14H,3,8-12H2,1-2H3,(H,21,22)(H2,23,24,26,27);1H. The summed E-state index contributed by atoms with van der Waals surface area (Å²) in [6.45, 7) is 6.69. The van der Waals surface area contributed by atoms with Gasteiger partial charge < -0.3 is 15.5 Å². The van der Waals surface area contributed by atoms with Gasteiger partial charge in [0.05, 0.1) is 6.54 Å². The number of guanidine groups is 1. The van der Waals surface area contributed by atoms with Gasteiger partial charge in [-0.15, -0.1) is 24.0 Å². The number of hydrogen-bond acceptors (Lipinski definition) is 3. The summed E-state index contributed by atoms with van der Waals surface area (Å²) >= 11 is 6.23. The molecule has 2 fully saturated rings. The van der Waals surface area contributed by atoms with Crippen LogP contribution in [0.1, 0.15) is 32.3 Å². The Kier molecular flexibility index (Phi) is 7.94. The molecule has 28 heavy (non-hydrogen) atoms. The van der Waals surface area contributed by atoms with Gasteiger partial charge in [-0.1, -0.05) is 29.8 Å². The zero-order valence-corrected chi connectivity index (χ0v) is 19.2. The highest BCUT2D eigenvalue weighted by atomic mass is 127. The van der Waals surface area contributed by atoms with E-state index < -0.39 is 11.6 Å². The fraction of sp³-hybridized carbons (Fsp3) is 0.526. The number of nitrogens with one attached hydrogen (secondary N) is 3. The van der Waals surface area contributed by atoms with E-state index in [0.29, 0.717) is 11.6 Å². The first-order valence-electron chi connectivity index (χ1n) is 9.34. The highest BCUT2D eigenvalue weighted by Gasteiger charge is 2.48. The van der Waals surface area contributed by atoms with Crippen LogP contribution in [0, 0.1) is 5.92 Å². The third kappa shape index (κ3) is 4.89. The smallest absolute Gasteiger partial charge is 0.322 e. The van der Waals surface area contributed by atoms with Gasteiger partial charge in [-0.05, 0) is 44.2 Å². The van der Waals surface area contributed by atoms with E-state index in [-0.39, 0.29) is 35.8 Å². The lowest BCUT2D eigenvalue weighted by atomic mass is 9.79. The average Bonchev–Trinajstić information content (AvgIpc) is 2.93. The van der Waals surface area contributed by atoms with E-state index in [1.165, 1.54) is 0 Å². The van der Waals surface area contributed by atoms with E-state index in [2.05, 4.69) is 20.9 Å². The van der Waals surface area contributed by atoms with Crippen LogP contribution in [0.25, 0.3) is 0 Å². The van der Waals surface area contributed by atoms with Gasteiger partial charge >= 0.3 is 6.03 Å². The molecule has 9 heteroatoms. The van der Waals surface area contributed by atoms with Gasteiger partial charge in [-0.3, -0.25) is 10.1 Å². The molecule has 3 rings (SSSR count). The quantitative estimate of drug-likeness (QED) is 0.247. The van der Waals surface area contributed by atoms with E-state index in [1.54, 1.807) is 0 Å². The Balaban J connectivity index is 0.00000280. The maximum atomic E-state index is 12.2. The molecule has 0 bridgehead atoms. The van der Waals surface area contributed by atoms with Crippen molar-refractivity contribution in [1.29, 1.82) is 0 Å². The number of halogens is 2. The first kappa shape index (κ1) is 22.7. The van der Waals surface area contributed by atoms with Crippen LogP contribution in [0.2, 0.25) is 5.02 Å². The highest BCUT2D eigenvalue weighted by Crippen LogP contribution is 2.30. The largest absolute Gasteiger partial charge is 0.357 e. The Morgan fingerprint density at radius 3 is 2.57 bits per heavy atom. The van der Waals surface area contributed by atoms with Crippen molar-refractivity contribution < 1.29 is 9.59 Å². The normalized spacial score (nSPS) is 23.1. The van der Waals surface area contributed by atoms with E-state index in [0.717, 1.165) is 44.0 Å². The van der Waals surface area contributed by atoms with Crippen molar-refractivity contribution in [3.8, 4) is 0 Å². The van der Waals surface area contributed by atoms with E-state index in [1.807, 2.05) is 38.1 Å². The molecule has 2 saturated heterocycles. The molecule has 2 heterocycles. The summed E-state index contributed by atoms with van der Waals surface area (Å²) < 4.78 is 0. The zero-order valence-electron chi connectivity index (χ0n) is 16.1. The van der Waals surface area contributed by atoms with E-state index in [4.69, 9.17) is 16.6 Å². The number of amides is 3. The molecule has 154 valence electrons. The summed E-state index contributed by atoms with van der Waals surface area (Å²) in [5, 5.41) is 9.19. The summed E-state index contributed by atoms with van der Waals surface area (Å²) in [7, 11) is 0. The number of carbonyl (C=O) groups is 2. The topological polar surface area (TPSA) is 85.8 Å². The Morgan fingerprint density at radius 1 is 1.32 bits per heavy atom. The highest BCUT2D eigenvalue weighted by molar-refractivity contribution is 14.0. The summed E-state index contributed by atoms with van der Waals surface area (Å²) in [4.78, 5) is 30.6. The van der Waals surface area contributed by atoms with Crippen LogP contribution in [-0.4, -0.2) is 48.0 Å². The van der Waals surface area contributed by atoms with Crippen molar-refractivity contribution in [3.63, 3.8) is 0 Å². The SMILES string of the molecule is CCNC(=NCc1ccccc1Cl)N1CCC(C2(C)NC(=O)NC2=O)CC1.I. The molecule has 0 radical (unpaired) electrons. The maximum absolute atomic E-state index is 12.2. The van der Waals surface area contributed by atoms with E-state index >= 15 is 0 Å². The first-order chi connectivity index (χ1) is 12.9. The van der Waals surface area contributed by atoms with Crippen LogP contribution >= 0.6 is 35.6 Å². The fourth-order valence-corrected chi connectivity index (χ4v) is 3.92. The number of aliphatic imine (C=N–C) groups is 1. The summed E-state index contributed by atoms with van der Waals surface area (Å²) in [5.41, 5.74) is 0.165. The number of urea groups is 1. The van der Waals surface area contributed by atoms with Crippen molar-refractivity contribution in [2.75, 3.05) is 19.6 Å². The number of imide groups is 1. The zero-order chi connectivity index (χ0) is 19.4. The average molecular weight is 520 g/mol. The van der Waals surface area contributed by atoms with Crippen LogP contribution in [0.15, 0.2) is 29.3 Å². The summed E-state index contributed by atoms with van der Waals surface area (Å²) in [5.74, 6) is 0.720. The minimum Gasteiger partial charge on any atom is -0.357 e. The minimum absolute atomic E-state index is 0. The van der Waals surface area contributed by atoms with Crippen molar-refractivity contribution in [3.05, 3.63) is 34.9 Å². The Bertz CT molecular complexity index is 752. The lowest BCUT2D eigenvalue weighted by Crippen LogP contribution is -2.55. The van der Waals surface area contributed by atoms with Crippen molar-refractivity contribution in [1.82, 2.24) is 20.9 Å². The Labute approximate surface area is 187 Å². The summed E-state index contributed by atoms with van der Waals surface area (Å²) in [6.07, 6.45) is 1.61. The van der Waals surface area contributed by atoms with Crippen LogP contribution in [0.3, 0.4) is 0 Å². The van der Waals surface area contributed by atoms with Gasteiger partial charge in [-0.25, -0.2) is 9.79 Å². The molecule has 0 aliphatic carbocycles. The molecule has 1 atom stereocenters. The monoisotopic (exact) mass is 519 g/mol. The Morgan fingerprint density at radius 2 is 2.00 bits per heavy atom. The molecule has 0 aromatic heterocycles. The molecule has 0 saturated carbocycles. The Hall–Kier alpha value is -1.55. The van der Waals surface area contributed by atoms with Gasteiger partial charge in [0, 0.05) is 24.7 Å². The fourth-order valence-electron chi connectivity index (χ4n) is 3.73. The molecule has 7 nitrogen and oxygen atoms in total. The van der Waals surface area contributed by atoms with Crippen LogP contribution in [-0.2, 0) is 11.3 Å². The van der Waals surface area contributed by atoms with E-state index in [9.17, 15) is 9.59 Å². The van der Waals surface area contributed by atoms with Crippen molar-refractivity contribution in [2.24, 2.45) is 10.9 Å². The van der Waals surface area contributed by atoms with Crippen molar-refractivity contribution in [2.45, 2.75) is 38.8 Å². The van der Waals surface area contributed by atoms with Gasteiger partial charge in [0.25, 0.3) is 5.91 Å². The molecule has 3 amide bonds. The molecule has 2 aliphatic heterocycles. The number of likely N-dealkylation sites (tertiary alicyclic amines) is 1. The number of rotatable bonds is 4. The molecule has 0 spiro atoms. The predicted molar refractivity (Wildman–Crippen MR) is 121 cm³/mol. The van der Waals surface area contributed by atoms with Crippen LogP contribution < -0.4 is 16.0 Å². The molecule has 1 aromatic rings. The van der Waals surface area contributed by atoms with Gasteiger partial charge in [0.15, 0.2) is 5.96 Å². The number of benzene rings is 1. The van der Waals surface area contributed by atoms with Crippen molar-refractivity contribution >= 4 is 53.5 Å². The third-order valence-corrected chi connectivity index (χ3v) is 5.74. The number of carbonyl (C=O) groups excluding carboxylic acids is 2. The molecule has 1 unspecified atom stereocenters. The van der Waals surface area contributed by atoms with Gasteiger partial charge in [0.2, 0.25) is 0 Å². The van der Waals surface area contributed by atoms with Crippen LogP contribution in [0.5, 0.6) is 0 Å². The molecular formula is C19H27ClIN5O2. The second-order valence-electron chi connectivity index (χ2n) is 7.13. The number of nitrogens with zero attached hydrogens (tertiary/aromatic N) is 2. The third-order valence-electron chi connectivity index (χ3n) is 5.37. The van der Waals surface area contributed by atoms with Crippen LogP contribution in [0.4, 0.5) is 4.79 Å².